The molecule has 3 heteroatoms. The summed E-state index contributed by atoms with van der Waals surface area (Å²) in [5, 5.41) is 0. The van der Waals surface area contributed by atoms with Crippen molar-refractivity contribution in [2.24, 2.45) is 0 Å². The molecule has 578 valence electrons. The molecule has 0 spiro atoms. The van der Waals surface area contributed by atoms with Crippen LogP contribution in [0.15, 0.2) is 71.8 Å². The molecule has 0 aliphatic carbocycles. The van der Waals surface area contributed by atoms with Gasteiger partial charge in [0.25, 0.3) is 0 Å². The van der Waals surface area contributed by atoms with Crippen molar-refractivity contribution in [3.05, 3.63) is 113 Å². The summed E-state index contributed by atoms with van der Waals surface area (Å²) in [6, 6.07) is 17.5. The number of unbranched alkanes of at least 4 members (excludes halogenated alkanes) is 60. The van der Waals surface area contributed by atoms with E-state index in [1.807, 2.05) is 0 Å². The Hall–Kier alpha value is -2.69. The Bertz CT molecular complexity index is 2120. The molecule has 2 aromatic carbocycles. The normalized spacial score (nSPS) is 12.1. The minimum atomic E-state index is 0. The molecule has 3 rings (SSSR count). The van der Waals surface area contributed by atoms with Crippen LogP contribution in [0.1, 0.15) is 494 Å². The summed E-state index contributed by atoms with van der Waals surface area (Å²) in [7, 11) is 0. The van der Waals surface area contributed by atoms with E-state index >= 15 is 0 Å². The van der Waals surface area contributed by atoms with E-state index in [9.17, 15) is 5.53 Å². The molecule has 1 aliphatic heterocycles. The molecular weight excluding hydrogens is 1250 g/mol. The van der Waals surface area contributed by atoms with Gasteiger partial charge in [-0.15, -0.1) is 11.8 Å². The van der Waals surface area contributed by atoms with Crippen molar-refractivity contribution in [2.75, 3.05) is 0 Å². The van der Waals surface area contributed by atoms with Gasteiger partial charge >= 0.3 is 16.5 Å². The summed E-state index contributed by atoms with van der Waals surface area (Å²) in [5.41, 5.74) is 21.2. The third-order valence-corrected chi connectivity index (χ3v) is 21.2. The van der Waals surface area contributed by atoms with Crippen LogP contribution in [0, 0.1) is 25.7 Å². The van der Waals surface area contributed by atoms with Gasteiger partial charge in [-0.25, -0.2) is 4.70 Å². The molecular formula is C97H170N2Ni. The van der Waals surface area contributed by atoms with E-state index in [-0.39, 0.29) is 16.5 Å². The first-order valence-electron chi connectivity index (χ1n) is 44.8. The Labute approximate surface area is 638 Å². The number of benzene rings is 2. The second-order valence-electron chi connectivity index (χ2n) is 30.7. The van der Waals surface area contributed by atoms with Crippen LogP contribution < -0.4 is 0 Å². The quantitative estimate of drug-likeness (QED) is 0.0207. The monoisotopic (exact) mass is 1420 g/mol. The first-order chi connectivity index (χ1) is 49.0. The largest absolute Gasteiger partial charge is 2.00 e. The van der Waals surface area contributed by atoms with Crippen molar-refractivity contribution in [3.63, 3.8) is 0 Å². The first-order valence-corrected chi connectivity index (χ1v) is 44.8. The Balaban J connectivity index is 0.00000204. The molecule has 0 saturated heterocycles. The molecule has 1 aliphatic rings. The number of hydrogen-bond donors (Lipinski definition) is 0. The molecule has 1 heterocycles. The average Bonchev–Trinajstić information content (AvgIpc) is 1.60. The fraction of sp³-hybridized carbons (Fsp3) is 0.773. The van der Waals surface area contributed by atoms with Gasteiger partial charge in [0.15, 0.2) is 0 Å². The van der Waals surface area contributed by atoms with Gasteiger partial charge in [-0.2, -0.15) is 12.8 Å². The maximum Gasteiger partial charge on any atom is 2.00 e. The number of aryl methyl sites for hydroxylation is 2. The third kappa shape index (κ3) is 57.6. The second kappa shape index (κ2) is 78.9. The van der Waals surface area contributed by atoms with Crippen LogP contribution >= 0.6 is 0 Å². The molecule has 0 radical (unpaired) electrons. The molecule has 0 amide bonds. The molecule has 0 unspecified atom stereocenters. The fourth-order valence-electron chi connectivity index (χ4n) is 14.5. The Morgan fingerprint density at radius 2 is 0.640 bits per heavy atom. The number of nitrogens with zero attached hydrogens (tertiary/aromatic N) is 2. The van der Waals surface area contributed by atoms with Crippen molar-refractivity contribution < 1.29 is 21.2 Å². The van der Waals surface area contributed by atoms with Crippen LogP contribution in [-0.2, 0) is 29.3 Å². The summed E-state index contributed by atoms with van der Waals surface area (Å²) in [6.45, 7) is 21.4. The van der Waals surface area contributed by atoms with Crippen molar-refractivity contribution >= 4 is 11.4 Å². The van der Waals surface area contributed by atoms with Crippen molar-refractivity contribution in [2.45, 2.75) is 485 Å². The van der Waals surface area contributed by atoms with Gasteiger partial charge in [-0.1, -0.05) is 456 Å². The predicted molar refractivity (Wildman–Crippen MR) is 449 cm³/mol. The van der Waals surface area contributed by atoms with E-state index in [2.05, 4.69) is 128 Å². The molecule has 0 atom stereocenters. The molecule has 0 saturated carbocycles. The summed E-state index contributed by atoms with van der Waals surface area (Å²) >= 11 is 0. The van der Waals surface area contributed by atoms with Crippen molar-refractivity contribution in [1.29, 1.82) is 0 Å². The summed E-state index contributed by atoms with van der Waals surface area (Å²) < 4.78 is 1.52. The topological polar surface area (TPSA) is 25.3 Å². The van der Waals surface area contributed by atoms with Crippen LogP contribution in [0.5, 0.6) is 0 Å². The molecule has 2 aromatic rings. The number of allylic oxidation sites excluding steroid dienone is 4. The van der Waals surface area contributed by atoms with E-state index in [4.69, 9.17) is 0 Å². The van der Waals surface area contributed by atoms with Gasteiger partial charge in [0.05, 0.1) is 5.57 Å². The molecule has 100 heavy (non-hydrogen) atoms. The van der Waals surface area contributed by atoms with Crippen LogP contribution in [0.2, 0.25) is 0 Å². The fourth-order valence-corrected chi connectivity index (χ4v) is 14.5. The van der Waals surface area contributed by atoms with E-state index in [1.165, 1.54) is 406 Å². The van der Waals surface area contributed by atoms with E-state index in [1.54, 1.807) is 0 Å². The van der Waals surface area contributed by atoms with Crippen LogP contribution in [0.4, 0.5) is 0 Å². The van der Waals surface area contributed by atoms with Gasteiger partial charge in [0.1, 0.15) is 0 Å². The second-order valence-corrected chi connectivity index (χ2v) is 30.7. The minimum absolute atomic E-state index is 0. The number of rotatable bonds is 69. The van der Waals surface area contributed by atoms with Gasteiger partial charge in [0.2, 0.25) is 11.4 Å². The first kappa shape index (κ1) is 97.3. The van der Waals surface area contributed by atoms with E-state index in [0.29, 0.717) is 0 Å². The summed E-state index contributed by atoms with van der Waals surface area (Å²) in [5.74, 6) is 7.01. The third-order valence-electron chi connectivity index (χ3n) is 21.2. The Morgan fingerprint density at radius 3 is 0.980 bits per heavy atom. The van der Waals surface area contributed by atoms with Crippen LogP contribution in [-0.4, -0.2) is 4.70 Å². The van der Waals surface area contributed by atoms with E-state index < -0.39 is 0 Å². The van der Waals surface area contributed by atoms with Gasteiger partial charge in [-0.3, -0.25) is 0 Å². The standard InChI is InChI=1S/C59H92N2.2C19H39.Ni/c1-5-9-12-14-15-16-17-18-19-20-21-22-23-24-25-26-27-28-29-30-31-32-33-34-35-36-38-39-43-53-44-41-42-46-55(53)59-57(45-11-7-3)56(47-40-37-13-10-6-2)58(61(59)60)54-50-48-52(8-4)49-51-54;2*1-3-5-7-9-11-13-15-17-19-18-16-14-12-10-8-6-4-2;/h40-42,44,46-51H,5-35,37,39,43,45H2,1-4H3;2*1,3-19H2,2H3;/q;2*-1;+2. The average molecular weight is 1420 g/mol. The van der Waals surface area contributed by atoms with Crippen LogP contribution in [0.25, 0.3) is 16.9 Å². The van der Waals surface area contributed by atoms with Crippen molar-refractivity contribution in [3.8, 4) is 11.8 Å². The minimum Gasteiger partial charge on any atom is -0.493 e. The molecule has 0 fully saturated rings. The Kier molecular flexibility index (Phi) is 76.8. The van der Waals surface area contributed by atoms with Crippen molar-refractivity contribution in [1.82, 2.24) is 0 Å². The Morgan fingerprint density at radius 1 is 0.330 bits per heavy atom. The van der Waals surface area contributed by atoms with Gasteiger partial charge in [-0.05, 0) is 74.3 Å². The van der Waals surface area contributed by atoms with Gasteiger partial charge < -0.3 is 19.4 Å². The van der Waals surface area contributed by atoms with E-state index in [0.717, 1.165) is 86.7 Å². The molecule has 0 N–H and O–H groups in total. The smallest absolute Gasteiger partial charge is 0.493 e. The zero-order chi connectivity index (χ0) is 71.5. The zero-order valence-electron chi connectivity index (χ0n) is 68.2. The molecule has 2 nitrogen and oxygen atoms in total. The summed E-state index contributed by atoms with van der Waals surface area (Å²) in [4.78, 5) is 0. The zero-order valence-corrected chi connectivity index (χ0v) is 69.2. The van der Waals surface area contributed by atoms with Crippen LogP contribution in [0.3, 0.4) is 0 Å². The SMILES string of the molecule is CCCCCC=CC1=C(c2ccc(CC)cc2)[N+](=[N-])C(c2ccccc2CCC#CCCCCCCCCCCCCCCCCCCCCCCCCCC)=C1CCCC.[CH2-]CCCCCCCCCCCCCCCCCC.[CH2-]CCCCCCCCCCCCCCCCCC.[Ni+2]. The summed E-state index contributed by atoms with van der Waals surface area (Å²) in [6.07, 6.45) is 99.2. The molecule has 0 bridgehead atoms. The van der Waals surface area contributed by atoms with Gasteiger partial charge in [0, 0.05) is 29.5 Å². The maximum atomic E-state index is 12.1. The molecule has 0 aromatic heterocycles. The number of hydrogen-bond acceptors (Lipinski definition) is 0. The maximum absolute atomic E-state index is 12.1. The predicted octanol–water partition coefficient (Wildman–Crippen LogP) is 34.4.